The van der Waals surface area contributed by atoms with Crippen LogP contribution in [0.1, 0.15) is 19.4 Å². The van der Waals surface area contributed by atoms with Crippen molar-refractivity contribution in [3.63, 3.8) is 0 Å². The first-order valence-corrected chi connectivity index (χ1v) is 9.57. The molecule has 7 nitrogen and oxygen atoms in total. The van der Waals surface area contributed by atoms with E-state index >= 15 is 0 Å². The van der Waals surface area contributed by atoms with Crippen molar-refractivity contribution in [3.8, 4) is 0 Å². The molecule has 1 aromatic heterocycles. The van der Waals surface area contributed by atoms with Crippen LogP contribution in [0.25, 0.3) is 0 Å². The zero-order valence-corrected chi connectivity index (χ0v) is 15.8. The maximum absolute atomic E-state index is 12.8. The fraction of sp³-hybridized carbons (Fsp3) is 0.294. The van der Waals surface area contributed by atoms with E-state index in [2.05, 4.69) is 10.0 Å². The first-order valence-electron chi connectivity index (χ1n) is 8.09. The van der Waals surface area contributed by atoms with Crippen molar-refractivity contribution in [1.82, 2.24) is 9.29 Å². The number of halogens is 3. The van der Waals surface area contributed by atoms with Gasteiger partial charge in [-0.2, -0.15) is 13.2 Å². The first-order chi connectivity index (χ1) is 12.9. The van der Waals surface area contributed by atoms with Crippen LogP contribution in [0.5, 0.6) is 0 Å². The van der Waals surface area contributed by atoms with Gasteiger partial charge in [0.1, 0.15) is 12.1 Å². The lowest BCUT2D eigenvalue weighted by Gasteiger charge is -2.12. The number of sulfonamides is 1. The van der Waals surface area contributed by atoms with E-state index in [1.54, 1.807) is 13.8 Å². The van der Waals surface area contributed by atoms with Gasteiger partial charge < -0.3 is 9.88 Å². The third kappa shape index (κ3) is 5.42. The molecule has 0 saturated carbocycles. The third-order valence-corrected chi connectivity index (χ3v) is 5.15. The predicted molar refractivity (Wildman–Crippen MR) is 96.2 cm³/mol. The molecule has 0 aliphatic carbocycles. The summed E-state index contributed by atoms with van der Waals surface area (Å²) in [7, 11) is -3.69. The number of carbonyl (C=O) groups excluding carboxylic acids is 1. The van der Waals surface area contributed by atoms with Crippen LogP contribution in [-0.4, -0.2) is 24.9 Å². The van der Waals surface area contributed by atoms with Gasteiger partial charge in [-0.05, 0) is 50.2 Å². The predicted octanol–water partition coefficient (Wildman–Crippen LogP) is 2.19. The summed E-state index contributed by atoms with van der Waals surface area (Å²) in [5.74, 6) is -0.739. The van der Waals surface area contributed by atoms with Crippen molar-refractivity contribution in [3.05, 3.63) is 58.5 Å². The van der Waals surface area contributed by atoms with Crippen LogP contribution >= 0.6 is 0 Å². The molecule has 2 aromatic rings. The number of carbonyl (C=O) groups is 1. The number of aromatic nitrogens is 1. The van der Waals surface area contributed by atoms with Crippen LogP contribution in [-0.2, 0) is 27.5 Å². The summed E-state index contributed by atoms with van der Waals surface area (Å²) in [6.07, 6.45) is -3.74. The smallest absolute Gasteiger partial charge is 0.325 e. The van der Waals surface area contributed by atoms with Gasteiger partial charge in [0, 0.05) is 17.9 Å². The number of pyridine rings is 1. The number of benzene rings is 1. The average Bonchev–Trinajstić information content (AvgIpc) is 2.55. The second-order valence-electron chi connectivity index (χ2n) is 6.20. The Hall–Kier alpha value is -2.66. The van der Waals surface area contributed by atoms with Crippen LogP contribution in [0.4, 0.5) is 18.9 Å². The summed E-state index contributed by atoms with van der Waals surface area (Å²) in [5.41, 5.74) is -2.46. The fourth-order valence-electron chi connectivity index (χ4n) is 2.33. The number of hydrogen-bond acceptors (Lipinski definition) is 4. The number of amides is 1. The Balaban J connectivity index is 2.12. The summed E-state index contributed by atoms with van der Waals surface area (Å²) in [6, 6.07) is 6.59. The highest BCUT2D eigenvalue weighted by Crippen LogP contribution is 2.26. The number of nitrogens with zero attached hydrogens (tertiary/aromatic N) is 1. The minimum Gasteiger partial charge on any atom is -0.325 e. The molecule has 0 aliphatic rings. The molecular weight excluding hydrogens is 399 g/mol. The zero-order valence-electron chi connectivity index (χ0n) is 14.9. The van der Waals surface area contributed by atoms with Gasteiger partial charge in [-0.3, -0.25) is 9.59 Å². The van der Waals surface area contributed by atoms with Gasteiger partial charge in [0.2, 0.25) is 15.9 Å². The number of anilines is 1. The van der Waals surface area contributed by atoms with Crippen molar-refractivity contribution in [1.29, 1.82) is 0 Å². The van der Waals surface area contributed by atoms with Gasteiger partial charge in [0.25, 0.3) is 5.56 Å². The second kappa shape index (κ2) is 8.15. The molecule has 0 radical (unpaired) electrons. The lowest BCUT2D eigenvalue weighted by molar-refractivity contribution is -0.139. The molecule has 11 heteroatoms. The molecule has 0 fully saturated rings. The second-order valence-corrected chi connectivity index (χ2v) is 7.92. The minimum atomic E-state index is -4.82. The lowest BCUT2D eigenvalue weighted by atomic mass is 10.2. The Morgan fingerprint density at radius 1 is 1.14 bits per heavy atom. The van der Waals surface area contributed by atoms with E-state index in [0.29, 0.717) is 10.6 Å². The van der Waals surface area contributed by atoms with Crippen LogP contribution in [0.2, 0.25) is 0 Å². The Kier molecular flexibility index (Phi) is 6.30. The summed E-state index contributed by atoms with van der Waals surface area (Å²) in [4.78, 5) is 23.9. The summed E-state index contributed by atoms with van der Waals surface area (Å²) in [5, 5.41) is 2.40. The van der Waals surface area contributed by atoms with E-state index in [1.807, 2.05) is 0 Å². The molecule has 0 unspecified atom stereocenters. The van der Waals surface area contributed by atoms with Gasteiger partial charge in [-0.25, -0.2) is 13.1 Å². The van der Waals surface area contributed by atoms with Gasteiger partial charge in [0.05, 0.1) is 4.90 Å². The van der Waals surface area contributed by atoms with Crippen LogP contribution in [0.15, 0.2) is 52.3 Å². The Labute approximate surface area is 159 Å². The Bertz CT molecular complexity index is 1010. The van der Waals surface area contributed by atoms with Gasteiger partial charge in [-0.15, -0.1) is 0 Å². The molecule has 0 aliphatic heterocycles. The first kappa shape index (κ1) is 21.6. The Morgan fingerprint density at radius 3 is 2.29 bits per heavy atom. The quantitative estimate of drug-likeness (QED) is 0.753. The van der Waals surface area contributed by atoms with Crippen LogP contribution in [0.3, 0.4) is 0 Å². The van der Waals surface area contributed by atoms with Crippen LogP contribution < -0.4 is 15.6 Å². The zero-order chi connectivity index (χ0) is 21.1. The monoisotopic (exact) mass is 417 g/mol. The van der Waals surface area contributed by atoms with Crippen molar-refractivity contribution in [2.24, 2.45) is 0 Å². The maximum Gasteiger partial charge on any atom is 0.421 e. The van der Waals surface area contributed by atoms with E-state index < -0.39 is 39.8 Å². The molecule has 1 aromatic carbocycles. The molecule has 1 heterocycles. The molecule has 0 spiro atoms. The van der Waals surface area contributed by atoms with E-state index in [9.17, 15) is 31.2 Å². The van der Waals surface area contributed by atoms with Gasteiger partial charge >= 0.3 is 6.18 Å². The SMILES string of the molecule is CC(C)NS(=O)(=O)c1ccc(NC(=O)Cn2cccc(C(F)(F)F)c2=O)cc1. The number of alkyl halides is 3. The largest absolute Gasteiger partial charge is 0.421 e. The molecule has 152 valence electrons. The van der Waals surface area contributed by atoms with Crippen molar-refractivity contribution < 1.29 is 26.4 Å². The molecule has 2 N–H and O–H groups in total. The molecular formula is C17H18F3N3O4S. The van der Waals surface area contributed by atoms with E-state index in [1.165, 1.54) is 24.3 Å². The average molecular weight is 417 g/mol. The number of hydrogen-bond donors (Lipinski definition) is 2. The van der Waals surface area contributed by atoms with E-state index in [4.69, 9.17) is 0 Å². The molecule has 0 saturated heterocycles. The lowest BCUT2D eigenvalue weighted by Crippen LogP contribution is -2.32. The highest BCUT2D eigenvalue weighted by Gasteiger charge is 2.34. The molecule has 2 rings (SSSR count). The molecule has 1 amide bonds. The molecule has 0 atom stereocenters. The highest BCUT2D eigenvalue weighted by molar-refractivity contribution is 7.89. The molecule has 28 heavy (non-hydrogen) atoms. The fourth-order valence-corrected chi connectivity index (χ4v) is 3.58. The normalized spacial score (nSPS) is 12.2. The summed E-state index contributed by atoms with van der Waals surface area (Å²) >= 11 is 0. The van der Waals surface area contributed by atoms with Gasteiger partial charge in [0.15, 0.2) is 0 Å². The maximum atomic E-state index is 12.8. The topological polar surface area (TPSA) is 97.3 Å². The molecule has 0 bridgehead atoms. The van der Waals surface area contributed by atoms with E-state index in [-0.39, 0.29) is 16.6 Å². The van der Waals surface area contributed by atoms with Gasteiger partial charge in [-0.1, -0.05) is 0 Å². The number of rotatable bonds is 6. The Morgan fingerprint density at radius 2 is 1.75 bits per heavy atom. The van der Waals surface area contributed by atoms with Crippen molar-refractivity contribution >= 4 is 21.6 Å². The minimum absolute atomic E-state index is 0.00621. The van der Waals surface area contributed by atoms with E-state index in [0.717, 1.165) is 12.3 Å². The third-order valence-electron chi connectivity index (χ3n) is 3.48. The highest BCUT2D eigenvalue weighted by atomic mass is 32.2. The number of nitrogens with one attached hydrogen (secondary N) is 2. The van der Waals surface area contributed by atoms with Crippen molar-refractivity contribution in [2.45, 2.75) is 37.5 Å². The van der Waals surface area contributed by atoms with Crippen molar-refractivity contribution in [2.75, 3.05) is 5.32 Å². The summed E-state index contributed by atoms with van der Waals surface area (Å²) in [6.45, 7) is 2.71. The summed E-state index contributed by atoms with van der Waals surface area (Å²) < 4.78 is 65.4. The van der Waals surface area contributed by atoms with Crippen LogP contribution in [0, 0.1) is 0 Å². The standard InChI is InChI=1S/C17H18F3N3O4S/c1-11(2)22-28(26,27)13-7-5-12(6-8-13)21-15(24)10-23-9-3-4-14(16(23)25)17(18,19)20/h3-9,11,22H,10H2,1-2H3,(H,21,24).